The van der Waals surface area contributed by atoms with E-state index in [4.69, 9.17) is 14.3 Å². The molecular formula is C23H30N2O8S. The van der Waals surface area contributed by atoms with Gasteiger partial charge in [-0.05, 0) is 49.1 Å². The van der Waals surface area contributed by atoms with Crippen molar-refractivity contribution in [3.8, 4) is 5.75 Å². The van der Waals surface area contributed by atoms with Gasteiger partial charge >= 0.3 is 6.09 Å². The van der Waals surface area contributed by atoms with Crippen LogP contribution < -0.4 is 10.1 Å². The van der Waals surface area contributed by atoms with Gasteiger partial charge in [0.15, 0.2) is 0 Å². The first-order valence-corrected chi connectivity index (χ1v) is 12.4. The number of nitrogens with zero attached hydrogens (tertiary/aromatic N) is 1. The molecule has 11 heteroatoms. The second kappa shape index (κ2) is 12.1. The summed E-state index contributed by atoms with van der Waals surface area (Å²) >= 11 is 0. The van der Waals surface area contributed by atoms with Crippen molar-refractivity contribution in [1.29, 1.82) is 0 Å². The Bertz CT molecular complexity index is 1010. The minimum absolute atomic E-state index is 0.0432. The molecule has 0 bridgehead atoms. The van der Waals surface area contributed by atoms with Gasteiger partial charge in [0.2, 0.25) is 0 Å². The van der Waals surface area contributed by atoms with Gasteiger partial charge in [-0.2, -0.15) is 0 Å². The van der Waals surface area contributed by atoms with Gasteiger partial charge in [-0.3, -0.25) is 4.84 Å². The monoisotopic (exact) mass is 494 g/mol. The summed E-state index contributed by atoms with van der Waals surface area (Å²) in [4.78, 5) is 17.2. The van der Waals surface area contributed by atoms with Crippen molar-refractivity contribution in [2.75, 3.05) is 26.9 Å². The van der Waals surface area contributed by atoms with E-state index in [2.05, 4.69) is 5.32 Å². The number of aliphatic hydroxyl groups excluding tert-OH is 1. The van der Waals surface area contributed by atoms with Crippen LogP contribution in [0.25, 0.3) is 0 Å². The number of nitrogens with one attached hydrogen (secondary N) is 1. The largest absolute Gasteiger partial charge is 0.497 e. The molecule has 1 aliphatic heterocycles. The fourth-order valence-electron chi connectivity index (χ4n) is 3.60. The van der Waals surface area contributed by atoms with Gasteiger partial charge in [-0.1, -0.05) is 34.8 Å². The number of hydrogen-bond donors (Lipinski definition) is 3. The van der Waals surface area contributed by atoms with Crippen LogP contribution in [0.5, 0.6) is 5.75 Å². The molecule has 1 heterocycles. The molecule has 2 aromatic carbocycles. The zero-order valence-corrected chi connectivity index (χ0v) is 19.7. The van der Waals surface area contributed by atoms with Crippen molar-refractivity contribution < 1.29 is 37.7 Å². The van der Waals surface area contributed by atoms with Crippen molar-refractivity contribution in [3.05, 3.63) is 60.2 Å². The number of ether oxygens (including phenoxy) is 2. The van der Waals surface area contributed by atoms with Crippen molar-refractivity contribution in [3.63, 3.8) is 0 Å². The number of hydroxylamine groups is 1. The predicted molar refractivity (Wildman–Crippen MR) is 123 cm³/mol. The number of rotatable bonds is 11. The molecule has 0 saturated carbocycles. The second-order valence-electron chi connectivity index (χ2n) is 7.90. The summed E-state index contributed by atoms with van der Waals surface area (Å²) in [6.45, 7) is 0.394. The summed E-state index contributed by atoms with van der Waals surface area (Å²) in [6, 6.07) is 13.9. The topological polar surface area (TPSA) is 135 Å². The van der Waals surface area contributed by atoms with E-state index in [9.17, 15) is 23.4 Å². The number of aliphatic hydroxyl groups is 1. The average molecular weight is 495 g/mol. The highest BCUT2D eigenvalue weighted by molar-refractivity contribution is 7.89. The van der Waals surface area contributed by atoms with Gasteiger partial charge < -0.3 is 25.0 Å². The maximum absolute atomic E-state index is 13.4. The molecule has 0 aliphatic carbocycles. The zero-order chi connectivity index (χ0) is 24.6. The Morgan fingerprint density at radius 1 is 1.15 bits per heavy atom. The van der Waals surface area contributed by atoms with Crippen LogP contribution in [0.15, 0.2) is 59.5 Å². The van der Waals surface area contributed by atoms with Gasteiger partial charge in [-0.25, -0.2) is 13.2 Å². The van der Waals surface area contributed by atoms with E-state index in [0.717, 1.165) is 10.0 Å². The molecule has 3 N–H and O–H groups in total. The fourth-order valence-corrected chi connectivity index (χ4v) is 4.90. The molecule has 1 fully saturated rings. The molecule has 1 amide bonds. The molecular weight excluding hydrogens is 464 g/mol. The van der Waals surface area contributed by atoms with E-state index in [1.54, 1.807) is 24.3 Å². The lowest BCUT2D eigenvalue weighted by atomic mass is 10.0. The minimum Gasteiger partial charge on any atom is -0.497 e. The third-order valence-corrected chi connectivity index (χ3v) is 7.11. The number of carbonyl (C=O) groups is 1. The molecule has 10 nitrogen and oxygen atoms in total. The van der Waals surface area contributed by atoms with Crippen LogP contribution in [0.2, 0.25) is 0 Å². The highest BCUT2D eigenvalue weighted by Crippen LogP contribution is 2.23. The third-order valence-electron chi connectivity index (χ3n) is 5.47. The van der Waals surface area contributed by atoms with Gasteiger partial charge in [0.25, 0.3) is 10.0 Å². The standard InChI is InChI=1S/C23H30N2O8S/c1-31-18-7-9-20(10-8-18)34(29,30)25(33-19-11-13-32-14-12-19)16-22(26)21(24-23(27)28)15-17-5-3-2-4-6-17/h2-10,19,21-22,24,26H,11-16H2,1H3,(H,27,28). The van der Waals surface area contributed by atoms with E-state index in [1.165, 1.54) is 31.4 Å². The molecule has 2 unspecified atom stereocenters. The van der Waals surface area contributed by atoms with Crippen LogP contribution in [0, 0.1) is 0 Å². The number of methoxy groups -OCH3 is 1. The second-order valence-corrected chi connectivity index (χ2v) is 9.72. The number of sulfonamides is 1. The number of benzene rings is 2. The highest BCUT2D eigenvalue weighted by atomic mass is 32.2. The summed E-state index contributed by atoms with van der Waals surface area (Å²) in [5, 5.41) is 22.5. The number of hydrogen-bond acceptors (Lipinski definition) is 7. The molecule has 0 radical (unpaired) electrons. The summed E-state index contributed by atoms with van der Waals surface area (Å²) in [5.41, 5.74) is 0.787. The average Bonchev–Trinajstić information content (AvgIpc) is 2.84. The Morgan fingerprint density at radius 2 is 1.79 bits per heavy atom. The van der Waals surface area contributed by atoms with Crippen LogP contribution in [0.4, 0.5) is 4.79 Å². The molecule has 1 aliphatic rings. The smallest absolute Gasteiger partial charge is 0.404 e. The lowest BCUT2D eigenvalue weighted by molar-refractivity contribution is -0.170. The van der Waals surface area contributed by atoms with E-state index in [-0.39, 0.29) is 11.3 Å². The van der Waals surface area contributed by atoms with Crippen LogP contribution in [-0.2, 0) is 26.0 Å². The molecule has 34 heavy (non-hydrogen) atoms. The Morgan fingerprint density at radius 3 is 2.38 bits per heavy atom. The molecule has 3 rings (SSSR count). The van der Waals surface area contributed by atoms with Gasteiger partial charge in [-0.15, -0.1) is 0 Å². The Hall–Kier alpha value is -2.70. The van der Waals surface area contributed by atoms with Crippen LogP contribution in [0.1, 0.15) is 18.4 Å². The maximum Gasteiger partial charge on any atom is 0.404 e. The molecule has 2 atom stereocenters. The third kappa shape index (κ3) is 7.15. The minimum atomic E-state index is -4.18. The Kier molecular flexibility index (Phi) is 9.25. The van der Waals surface area contributed by atoms with Crippen molar-refractivity contribution in [2.45, 2.75) is 42.4 Å². The van der Waals surface area contributed by atoms with Crippen molar-refractivity contribution in [2.24, 2.45) is 0 Å². The first kappa shape index (κ1) is 25.9. The first-order valence-electron chi connectivity index (χ1n) is 10.9. The molecule has 0 spiro atoms. The SMILES string of the molecule is COc1ccc(S(=O)(=O)N(CC(O)C(Cc2ccccc2)NC(=O)O)OC2CCOCC2)cc1. The quantitative estimate of drug-likeness (QED) is 0.404. The van der Waals surface area contributed by atoms with E-state index in [1.807, 2.05) is 6.07 Å². The lowest BCUT2D eigenvalue weighted by Crippen LogP contribution is -2.51. The zero-order valence-electron chi connectivity index (χ0n) is 18.9. The molecule has 2 aromatic rings. The van der Waals surface area contributed by atoms with E-state index in [0.29, 0.717) is 31.8 Å². The van der Waals surface area contributed by atoms with Gasteiger partial charge in [0.1, 0.15) is 5.75 Å². The van der Waals surface area contributed by atoms with Crippen LogP contribution in [0.3, 0.4) is 0 Å². The Labute approximate surface area is 199 Å². The van der Waals surface area contributed by atoms with E-state index >= 15 is 0 Å². The summed E-state index contributed by atoms with van der Waals surface area (Å²) < 4.78 is 38.0. The summed E-state index contributed by atoms with van der Waals surface area (Å²) in [7, 11) is -2.70. The van der Waals surface area contributed by atoms with Gasteiger partial charge in [0, 0.05) is 13.2 Å². The molecule has 1 saturated heterocycles. The highest BCUT2D eigenvalue weighted by Gasteiger charge is 2.34. The summed E-state index contributed by atoms with van der Waals surface area (Å²) in [5.74, 6) is 0.490. The summed E-state index contributed by atoms with van der Waals surface area (Å²) in [6.07, 6.45) is -1.98. The number of amides is 1. The fraction of sp³-hybridized carbons (Fsp3) is 0.435. The Balaban J connectivity index is 1.85. The van der Waals surface area contributed by atoms with Gasteiger partial charge in [0.05, 0.1) is 36.8 Å². The van der Waals surface area contributed by atoms with Crippen LogP contribution >= 0.6 is 0 Å². The lowest BCUT2D eigenvalue weighted by Gasteiger charge is -2.32. The first-order chi connectivity index (χ1) is 16.3. The normalized spacial score (nSPS) is 16.7. The molecule has 186 valence electrons. The van der Waals surface area contributed by atoms with Crippen molar-refractivity contribution >= 4 is 16.1 Å². The molecule has 0 aromatic heterocycles. The predicted octanol–water partition coefficient (Wildman–Crippen LogP) is 2.04. The van der Waals surface area contributed by atoms with E-state index < -0.39 is 40.9 Å². The number of carboxylic acid groups (broad SMARTS) is 1. The maximum atomic E-state index is 13.4. The van der Waals surface area contributed by atoms with Crippen LogP contribution in [-0.4, -0.2) is 74.3 Å². The van der Waals surface area contributed by atoms with Crippen molar-refractivity contribution in [1.82, 2.24) is 9.79 Å².